The van der Waals surface area contributed by atoms with Gasteiger partial charge in [-0.2, -0.15) is 0 Å². The summed E-state index contributed by atoms with van der Waals surface area (Å²) in [6.45, 7) is 0. The highest BCUT2D eigenvalue weighted by Crippen LogP contribution is 2.46. The van der Waals surface area contributed by atoms with Crippen LogP contribution in [-0.4, -0.2) is 19.8 Å². The maximum atomic E-state index is 13.5. The monoisotopic (exact) mass is 425 g/mol. The number of hydrogen-bond acceptors (Lipinski definition) is 5. The van der Waals surface area contributed by atoms with E-state index in [4.69, 9.17) is 9.88 Å². The minimum atomic E-state index is -3.87. The second-order valence-corrected chi connectivity index (χ2v) is 8.32. The fourth-order valence-corrected chi connectivity index (χ4v) is 3.94. The van der Waals surface area contributed by atoms with Gasteiger partial charge in [-0.05, 0) is 60.2 Å². The molecule has 0 aliphatic carbocycles. The predicted molar refractivity (Wildman–Crippen MR) is 109 cm³/mol. The number of carbonyl (C=O) groups is 1. The summed E-state index contributed by atoms with van der Waals surface area (Å²) < 4.78 is 42.7. The molecule has 6 nitrogen and oxygen atoms in total. The van der Waals surface area contributed by atoms with Crippen LogP contribution in [0.1, 0.15) is 22.6 Å². The molecule has 3 aromatic carbocycles. The lowest BCUT2D eigenvalue weighted by Gasteiger charge is -2.28. The van der Waals surface area contributed by atoms with Crippen LogP contribution < -0.4 is 9.88 Å². The summed E-state index contributed by atoms with van der Waals surface area (Å²) in [5.74, 6) is -0.558. The van der Waals surface area contributed by atoms with Crippen LogP contribution in [0.5, 0.6) is 11.5 Å². The van der Waals surface area contributed by atoms with E-state index in [1.165, 1.54) is 60.7 Å². The Balaban J connectivity index is 1.95. The van der Waals surface area contributed by atoms with Gasteiger partial charge in [0.15, 0.2) is 0 Å². The Kier molecular flexibility index (Phi) is 4.89. The van der Waals surface area contributed by atoms with E-state index in [0.717, 1.165) is 6.29 Å². The van der Waals surface area contributed by atoms with Crippen molar-refractivity contribution in [2.24, 2.45) is 5.14 Å². The van der Waals surface area contributed by atoms with E-state index in [9.17, 15) is 22.7 Å². The van der Waals surface area contributed by atoms with Crippen LogP contribution in [0.15, 0.2) is 71.6 Å². The average molecular weight is 425 g/mol. The lowest BCUT2D eigenvalue weighted by atomic mass is 9.83. The standard InChI is InChI=1S/C22H16FNO5S/c23-15-5-1-13(2-6-15)21-19(12-25)18-11-16(26)7-10-20(18)29-22(21)14-3-8-17(9-4-14)30(24,27)28/h1-12,19,26H,(H2,24,27,28). The topological polar surface area (TPSA) is 107 Å². The number of sulfonamides is 1. The van der Waals surface area contributed by atoms with Crippen molar-refractivity contribution in [1.82, 2.24) is 0 Å². The Labute approximate surface area is 172 Å². The van der Waals surface area contributed by atoms with E-state index < -0.39 is 21.8 Å². The first-order chi connectivity index (χ1) is 14.3. The van der Waals surface area contributed by atoms with Gasteiger partial charge in [0.2, 0.25) is 10.0 Å². The van der Waals surface area contributed by atoms with Crippen molar-refractivity contribution in [3.63, 3.8) is 0 Å². The van der Waals surface area contributed by atoms with E-state index in [2.05, 4.69) is 0 Å². The molecule has 0 aromatic heterocycles. The lowest BCUT2D eigenvalue weighted by Crippen LogP contribution is -2.16. The van der Waals surface area contributed by atoms with Crippen LogP contribution >= 0.6 is 0 Å². The summed E-state index contributed by atoms with van der Waals surface area (Å²) in [6, 6.07) is 15.7. The number of primary sulfonamides is 1. The number of allylic oxidation sites excluding steroid dienone is 1. The molecule has 0 amide bonds. The van der Waals surface area contributed by atoms with Crippen molar-refractivity contribution >= 4 is 27.6 Å². The van der Waals surface area contributed by atoms with E-state index in [1.54, 1.807) is 6.07 Å². The van der Waals surface area contributed by atoms with E-state index in [-0.39, 0.29) is 10.6 Å². The van der Waals surface area contributed by atoms with Crippen molar-refractivity contribution in [2.75, 3.05) is 0 Å². The van der Waals surface area contributed by atoms with Crippen LogP contribution in [0.2, 0.25) is 0 Å². The minimum absolute atomic E-state index is 0.0244. The molecule has 1 aliphatic heterocycles. The summed E-state index contributed by atoms with van der Waals surface area (Å²) in [5, 5.41) is 15.0. The Morgan fingerprint density at radius 3 is 2.20 bits per heavy atom. The first kappa shape index (κ1) is 19.8. The van der Waals surface area contributed by atoms with Crippen molar-refractivity contribution < 1.29 is 27.4 Å². The summed E-state index contributed by atoms with van der Waals surface area (Å²) in [7, 11) is -3.87. The highest BCUT2D eigenvalue weighted by atomic mass is 32.2. The molecule has 0 saturated heterocycles. The summed E-state index contributed by atoms with van der Waals surface area (Å²) in [5.41, 5.74) is 1.99. The summed E-state index contributed by atoms with van der Waals surface area (Å²) in [4.78, 5) is 12.0. The number of nitrogens with two attached hydrogens (primary N) is 1. The number of aldehydes is 1. The molecule has 0 spiro atoms. The van der Waals surface area contributed by atoms with E-state index >= 15 is 0 Å². The first-order valence-corrected chi connectivity index (χ1v) is 10.4. The number of carbonyl (C=O) groups excluding carboxylic acids is 1. The molecule has 0 radical (unpaired) electrons. The second kappa shape index (κ2) is 7.40. The van der Waals surface area contributed by atoms with Crippen molar-refractivity contribution in [2.45, 2.75) is 10.8 Å². The molecule has 0 saturated carbocycles. The van der Waals surface area contributed by atoms with Crippen LogP contribution in [0, 0.1) is 5.82 Å². The second-order valence-electron chi connectivity index (χ2n) is 6.76. The quantitative estimate of drug-likeness (QED) is 0.623. The minimum Gasteiger partial charge on any atom is -0.508 e. The molecule has 3 N–H and O–H groups in total. The number of ether oxygens (including phenoxy) is 1. The number of aromatic hydroxyl groups is 1. The fraction of sp³-hybridized carbons (Fsp3) is 0.0455. The molecule has 1 atom stereocenters. The molecule has 4 rings (SSSR count). The molecule has 8 heteroatoms. The van der Waals surface area contributed by atoms with Gasteiger partial charge in [0.05, 0.1) is 10.8 Å². The van der Waals surface area contributed by atoms with Crippen LogP contribution in [-0.2, 0) is 14.8 Å². The Bertz CT molecular complexity index is 1270. The third-order valence-electron chi connectivity index (χ3n) is 4.83. The number of halogens is 1. The number of benzene rings is 3. The third kappa shape index (κ3) is 3.58. The molecule has 0 bridgehead atoms. The van der Waals surface area contributed by atoms with Crippen LogP contribution in [0.25, 0.3) is 11.3 Å². The molecular weight excluding hydrogens is 409 g/mol. The summed E-state index contributed by atoms with van der Waals surface area (Å²) >= 11 is 0. The van der Waals surface area contributed by atoms with Gasteiger partial charge in [0, 0.05) is 16.7 Å². The average Bonchev–Trinajstić information content (AvgIpc) is 2.72. The number of hydrogen-bond donors (Lipinski definition) is 2. The van der Waals surface area contributed by atoms with E-state index in [0.29, 0.717) is 33.8 Å². The molecule has 30 heavy (non-hydrogen) atoms. The van der Waals surface area contributed by atoms with Gasteiger partial charge < -0.3 is 14.6 Å². The van der Waals surface area contributed by atoms with Gasteiger partial charge >= 0.3 is 0 Å². The van der Waals surface area contributed by atoms with Gasteiger partial charge in [0.25, 0.3) is 0 Å². The lowest BCUT2D eigenvalue weighted by molar-refractivity contribution is -0.108. The Hall–Kier alpha value is -3.49. The van der Waals surface area contributed by atoms with Gasteiger partial charge in [-0.1, -0.05) is 12.1 Å². The zero-order chi connectivity index (χ0) is 21.5. The third-order valence-corrected chi connectivity index (χ3v) is 5.76. The molecule has 0 fully saturated rings. The molecule has 1 heterocycles. The van der Waals surface area contributed by atoms with Crippen LogP contribution in [0.4, 0.5) is 4.39 Å². The van der Waals surface area contributed by atoms with Gasteiger partial charge in [0.1, 0.15) is 29.4 Å². The SMILES string of the molecule is NS(=O)(=O)c1ccc(C2=C(c3ccc(F)cc3)C(C=O)c3cc(O)ccc3O2)cc1. The predicted octanol–water partition coefficient (Wildman–Crippen LogP) is 3.42. The van der Waals surface area contributed by atoms with Gasteiger partial charge in [-0.15, -0.1) is 0 Å². The maximum absolute atomic E-state index is 13.5. The van der Waals surface area contributed by atoms with Crippen LogP contribution in [0.3, 0.4) is 0 Å². The number of phenols is 1. The number of fused-ring (bicyclic) bond motifs is 1. The normalized spacial score (nSPS) is 16.0. The summed E-state index contributed by atoms with van der Waals surface area (Å²) in [6.07, 6.45) is 0.720. The number of rotatable bonds is 4. The van der Waals surface area contributed by atoms with Crippen molar-refractivity contribution in [3.05, 3.63) is 89.2 Å². The van der Waals surface area contributed by atoms with Crippen molar-refractivity contribution in [1.29, 1.82) is 0 Å². The number of phenolic OH excluding ortho intramolecular Hbond substituents is 1. The highest BCUT2D eigenvalue weighted by Gasteiger charge is 2.32. The zero-order valence-electron chi connectivity index (χ0n) is 15.4. The maximum Gasteiger partial charge on any atom is 0.238 e. The van der Waals surface area contributed by atoms with E-state index in [1.807, 2.05) is 0 Å². The molecule has 1 unspecified atom stereocenters. The largest absolute Gasteiger partial charge is 0.508 e. The van der Waals surface area contributed by atoms with Crippen molar-refractivity contribution in [3.8, 4) is 11.5 Å². The first-order valence-electron chi connectivity index (χ1n) is 8.87. The van der Waals surface area contributed by atoms with Gasteiger partial charge in [-0.3, -0.25) is 0 Å². The Morgan fingerprint density at radius 1 is 0.967 bits per heavy atom. The molecular formula is C22H16FNO5S. The highest BCUT2D eigenvalue weighted by molar-refractivity contribution is 7.89. The molecule has 3 aromatic rings. The fourth-order valence-electron chi connectivity index (χ4n) is 3.43. The Morgan fingerprint density at radius 2 is 1.60 bits per heavy atom. The molecule has 152 valence electrons. The van der Waals surface area contributed by atoms with Gasteiger partial charge in [-0.25, -0.2) is 17.9 Å². The molecule has 1 aliphatic rings. The zero-order valence-corrected chi connectivity index (χ0v) is 16.3. The smallest absolute Gasteiger partial charge is 0.238 e.